The van der Waals surface area contributed by atoms with E-state index in [2.05, 4.69) is 20.8 Å². The Balaban J connectivity index is 1.90. The van der Waals surface area contributed by atoms with Gasteiger partial charge in [0.1, 0.15) is 5.82 Å². The topological polar surface area (TPSA) is 23.5 Å². The van der Waals surface area contributed by atoms with Crippen LogP contribution >= 0.6 is 15.9 Å². The third-order valence-corrected chi connectivity index (χ3v) is 3.86. The Hall–Kier alpha value is -0.450. The molecule has 0 spiro atoms. The molecule has 1 fully saturated rings. The summed E-state index contributed by atoms with van der Waals surface area (Å²) >= 11 is 3.35. The van der Waals surface area contributed by atoms with Crippen molar-refractivity contribution in [2.45, 2.75) is 25.5 Å². The second kappa shape index (κ2) is 5.46. The Morgan fingerprint density at radius 1 is 1.53 bits per heavy atom. The fraction of sp³-hybridized carbons (Fsp3) is 0.538. The summed E-state index contributed by atoms with van der Waals surface area (Å²) < 4.78 is 13.7. The van der Waals surface area contributed by atoms with Crippen molar-refractivity contribution in [3.05, 3.63) is 34.1 Å². The van der Waals surface area contributed by atoms with Gasteiger partial charge in [0, 0.05) is 17.6 Å². The lowest BCUT2D eigenvalue weighted by Crippen LogP contribution is -2.30. The first-order valence-electron chi connectivity index (χ1n) is 5.87. The van der Waals surface area contributed by atoms with E-state index in [-0.39, 0.29) is 11.9 Å². The van der Waals surface area contributed by atoms with Gasteiger partial charge in [-0.3, -0.25) is 4.90 Å². The maximum absolute atomic E-state index is 12.9. The Labute approximate surface area is 110 Å². The van der Waals surface area contributed by atoms with Crippen LogP contribution in [0.3, 0.4) is 0 Å². The predicted molar refractivity (Wildman–Crippen MR) is 69.2 cm³/mol. The SMILES string of the molecule is CN(Cc1ccc(F)cc1Br)CC(O)C1CC1. The van der Waals surface area contributed by atoms with E-state index in [0.29, 0.717) is 19.0 Å². The molecule has 0 aromatic heterocycles. The van der Waals surface area contributed by atoms with Crippen LogP contribution in [-0.4, -0.2) is 29.7 Å². The van der Waals surface area contributed by atoms with Gasteiger partial charge < -0.3 is 5.11 Å². The van der Waals surface area contributed by atoms with Gasteiger partial charge in [0.15, 0.2) is 0 Å². The van der Waals surface area contributed by atoms with Gasteiger partial charge in [-0.15, -0.1) is 0 Å². The molecule has 1 N–H and O–H groups in total. The summed E-state index contributed by atoms with van der Waals surface area (Å²) in [6.45, 7) is 1.39. The smallest absolute Gasteiger partial charge is 0.124 e. The lowest BCUT2D eigenvalue weighted by Gasteiger charge is -2.21. The van der Waals surface area contributed by atoms with Crippen molar-refractivity contribution < 1.29 is 9.50 Å². The average molecular weight is 302 g/mol. The summed E-state index contributed by atoms with van der Waals surface area (Å²) in [5, 5.41) is 9.84. The minimum Gasteiger partial charge on any atom is -0.392 e. The Morgan fingerprint density at radius 2 is 2.24 bits per heavy atom. The molecule has 0 bridgehead atoms. The predicted octanol–water partition coefficient (Wildman–Crippen LogP) is 2.79. The molecule has 0 aliphatic heterocycles. The zero-order chi connectivity index (χ0) is 12.4. The van der Waals surface area contributed by atoms with Gasteiger partial charge >= 0.3 is 0 Å². The molecule has 1 aromatic carbocycles. The van der Waals surface area contributed by atoms with E-state index in [1.54, 1.807) is 6.07 Å². The largest absolute Gasteiger partial charge is 0.392 e. The van der Waals surface area contributed by atoms with Gasteiger partial charge in [-0.05, 0) is 43.5 Å². The number of nitrogens with zero attached hydrogens (tertiary/aromatic N) is 1. The molecule has 0 heterocycles. The molecule has 94 valence electrons. The molecule has 0 radical (unpaired) electrons. The highest BCUT2D eigenvalue weighted by molar-refractivity contribution is 9.10. The van der Waals surface area contributed by atoms with E-state index in [1.807, 2.05) is 7.05 Å². The first-order chi connectivity index (χ1) is 8.06. The van der Waals surface area contributed by atoms with Crippen LogP contribution in [-0.2, 0) is 6.54 Å². The highest BCUT2D eigenvalue weighted by atomic mass is 79.9. The number of hydrogen-bond acceptors (Lipinski definition) is 2. The van der Waals surface area contributed by atoms with Crippen LogP contribution in [0.1, 0.15) is 18.4 Å². The standard InChI is InChI=1S/C13H17BrFNO/c1-16(8-13(17)9-2-3-9)7-10-4-5-11(15)6-12(10)14/h4-6,9,13,17H,2-3,7-8H2,1H3. The second-order valence-electron chi connectivity index (χ2n) is 4.84. The van der Waals surface area contributed by atoms with Gasteiger partial charge in [-0.1, -0.05) is 22.0 Å². The third-order valence-electron chi connectivity index (χ3n) is 3.12. The Kier molecular flexibility index (Phi) is 4.17. The van der Waals surface area contributed by atoms with E-state index < -0.39 is 0 Å². The summed E-state index contributed by atoms with van der Waals surface area (Å²) in [4.78, 5) is 2.07. The van der Waals surface area contributed by atoms with Crippen molar-refractivity contribution in [2.75, 3.05) is 13.6 Å². The maximum atomic E-state index is 12.9. The lowest BCUT2D eigenvalue weighted by atomic mass is 10.2. The van der Waals surface area contributed by atoms with Gasteiger partial charge in [0.25, 0.3) is 0 Å². The fourth-order valence-electron chi connectivity index (χ4n) is 1.95. The highest BCUT2D eigenvalue weighted by Crippen LogP contribution is 2.33. The molecular weight excluding hydrogens is 285 g/mol. The number of aliphatic hydroxyl groups is 1. The summed E-state index contributed by atoms with van der Waals surface area (Å²) in [7, 11) is 1.97. The van der Waals surface area contributed by atoms with Gasteiger partial charge in [-0.2, -0.15) is 0 Å². The van der Waals surface area contributed by atoms with Crippen LogP contribution in [0.15, 0.2) is 22.7 Å². The average Bonchev–Trinajstić information content (AvgIpc) is 3.05. The van der Waals surface area contributed by atoms with E-state index in [1.165, 1.54) is 12.1 Å². The molecule has 1 atom stereocenters. The summed E-state index contributed by atoms with van der Waals surface area (Å²) in [5.41, 5.74) is 1.04. The van der Waals surface area contributed by atoms with E-state index in [0.717, 1.165) is 22.9 Å². The summed E-state index contributed by atoms with van der Waals surface area (Å²) in [6.07, 6.45) is 2.07. The minimum absolute atomic E-state index is 0.223. The first kappa shape index (κ1) is 13.0. The first-order valence-corrected chi connectivity index (χ1v) is 6.66. The Morgan fingerprint density at radius 3 is 2.82 bits per heavy atom. The normalized spacial score (nSPS) is 17.5. The van der Waals surface area contributed by atoms with Gasteiger partial charge in [0.2, 0.25) is 0 Å². The molecule has 0 amide bonds. The van der Waals surface area contributed by atoms with Crippen molar-refractivity contribution >= 4 is 15.9 Å². The van der Waals surface area contributed by atoms with Crippen LogP contribution in [0.4, 0.5) is 4.39 Å². The van der Waals surface area contributed by atoms with E-state index >= 15 is 0 Å². The van der Waals surface area contributed by atoms with E-state index in [9.17, 15) is 9.50 Å². The quantitative estimate of drug-likeness (QED) is 0.904. The molecule has 4 heteroatoms. The third kappa shape index (κ3) is 3.76. The molecule has 17 heavy (non-hydrogen) atoms. The Bertz CT molecular complexity index is 395. The molecule has 2 rings (SSSR count). The molecule has 1 unspecified atom stereocenters. The number of likely N-dealkylation sites (N-methyl/N-ethyl adjacent to an activating group) is 1. The second-order valence-corrected chi connectivity index (χ2v) is 5.69. The number of halogens is 2. The maximum Gasteiger partial charge on any atom is 0.124 e. The van der Waals surface area contributed by atoms with Crippen molar-refractivity contribution in [3.63, 3.8) is 0 Å². The molecule has 1 aromatic rings. The monoisotopic (exact) mass is 301 g/mol. The molecule has 1 aliphatic rings. The fourth-order valence-corrected chi connectivity index (χ4v) is 2.43. The van der Waals surface area contributed by atoms with Crippen LogP contribution in [0, 0.1) is 11.7 Å². The van der Waals surface area contributed by atoms with Crippen LogP contribution in [0.25, 0.3) is 0 Å². The zero-order valence-corrected chi connectivity index (χ0v) is 11.5. The molecule has 2 nitrogen and oxygen atoms in total. The zero-order valence-electron chi connectivity index (χ0n) is 9.87. The summed E-state index contributed by atoms with van der Waals surface area (Å²) in [6, 6.07) is 4.71. The number of hydrogen-bond donors (Lipinski definition) is 1. The molecule has 1 aliphatic carbocycles. The highest BCUT2D eigenvalue weighted by Gasteiger charge is 2.30. The number of rotatable bonds is 5. The van der Waals surface area contributed by atoms with Gasteiger partial charge in [-0.25, -0.2) is 4.39 Å². The molecular formula is C13H17BrFNO. The molecule has 0 saturated heterocycles. The molecule has 1 saturated carbocycles. The van der Waals surface area contributed by atoms with Crippen LogP contribution in [0.2, 0.25) is 0 Å². The van der Waals surface area contributed by atoms with Crippen molar-refractivity contribution in [1.29, 1.82) is 0 Å². The lowest BCUT2D eigenvalue weighted by molar-refractivity contribution is 0.104. The number of aliphatic hydroxyl groups excluding tert-OH is 1. The van der Waals surface area contributed by atoms with E-state index in [4.69, 9.17) is 0 Å². The van der Waals surface area contributed by atoms with Crippen LogP contribution in [0.5, 0.6) is 0 Å². The van der Waals surface area contributed by atoms with Crippen molar-refractivity contribution in [3.8, 4) is 0 Å². The minimum atomic E-state index is -0.235. The number of benzene rings is 1. The summed E-state index contributed by atoms with van der Waals surface area (Å²) in [5.74, 6) is 0.260. The van der Waals surface area contributed by atoms with Crippen molar-refractivity contribution in [2.24, 2.45) is 5.92 Å². The van der Waals surface area contributed by atoms with Crippen LogP contribution < -0.4 is 0 Å². The van der Waals surface area contributed by atoms with Crippen molar-refractivity contribution in [1.82, 2.24) is 4.90 Å². The van der Waals surface area contributed by atoms with Gasteiger partial charge in [0.05, 0.1) is 6.10 Å².